The lowest BCUT2D eigenvalue weighted by Gasteiger charge is -2.38. The summed E-state index contributed by atoms with van der Waals surface area (Å²) >= 11 is 1.77. The van der Waals surface area contributed by atoms with Gasteiger partial charge in [0.1, 0.15) is 6.54 Å². The van der Waals surface area contributed by atoms with Crippen molar-refractivity contribution in [2.75, 3.05) is 13.1 Å². The fourth-order valence-electron chi connectivity index (χ4n) is 4.68. The molecule has 5 heteroatoms. The molecule has 0 saturated heterocycles. The van der Waals surface area contributed by atoms with Gasteiger partial charge in [0.25, 0.3) is 0 Å². The first-order valence-electron chi connectivity index (χ1n) is 12.2. The Labute approximate surface area is 207 Å². The van der Waals surface area contributed by atoms with Crippen LogP contribution in [0.15, 0.2) is 66.0 Å². The molecule has 0 aliphatic carbocycles. The van der Waals surface area contributed by atoms with Crippen LogP contribution in [0.25, 0.3) is 0 Å². The molecule has 4 nitrogen and oxygen atoms in total. The van der Waals surface area contributed by atoms with Gasteiger partial charge in [-0.2, -0.15) is 0 Å². The molecule has 0 spiro atoms. The lowest BCUT2D eigenvalue weighted by atomic mass is 9.92. The van der Waals surface area contributed by atoms with E-state index in [4.69, 9.17) is 0 Å². The number of nitrogens with zero attached hydrogens (tertiary/aromatic N) is 2. The van der Waals surface area contributed by atoms with Crippen LogP contribution in [-0.4, -0.2) is 40.7 Å². The molecule has 0 fully saturated rings. The zero-order valence-corrected chi connectivity index (χ0v) is 21.2. The number of carbonyl (C=O) groups is 2. The Balaban J connectivity index is 1.53. The predicted octanol–water partition coefficient (Wildman–Crippen LogP) is 5.79. The van der Waals surface area contributed by atoms with Crippen LogP contribution in [0.2, 0.25) is 0 Å². The topological polar surface area (TPSA) is 40.6 Å². The minimum Gasteiger partial charge on any atom is -0.331 e. The number of benzene rings is 2. The molecule has 1 aliphatic heterocycles. The van der Waals surface area contributed by atoms with Crippen LogP contribution in [0.1, 0.15) is 59.9 Å². The molecule has 178 valence electrons. The molecule has 2 atom stereocenters. The summed E-state index contributed by atoms with van der Waals surface area (Å²) in [5.74, 6) is 0.0717. The maximum atomic E-state index is 13.7. The molecule has 3 aromatic rings. The predicted molar refractivity (Wildman–Crippen MR) is 139 cm³/mol. The maximum Gasteiger partial charge on any atom is 0.243 e. The molecule has 2 heterocycles. The number of amides is 2. The summed E-state index contributed by atoms with van der Waals surface area (Å²) < 4.78 is 0. The van der Waals surface area contributed by atoms with Crippen molar-refractivity contribution < 1.29 is 9.59 Å². The van der Waals surface area contributed by atoms with E-state index in [1.807, 2.05) is 42.2 Å². The minimum atomic E-state index is -0.0960. The highest BCUT2D eigenvalue weighted by Crippen LogP contribution is 2.38. The Morgan fingerprint density at radius 1 is 1.09 bits per heavy atom. The Morgan fingerprint density at radius 3 is 2.53 bits per heavy atom. The summed E-state index contributed by atoms with van der Waals surface area (Å²) in [6.07, 6.45) is 2.79. The van der Waals surface area contributed by atoms with Crippen molar-refractivity contribution in [2.45, 2.75) is 58.5 Å². The van der Waals surface area contributed by atoms with Gasteiger partial charge in [-0.25, -0.2) is 0 Å². The molecule has 0 N–H and O–H groups in total. The van der Waals surface area contributed by atoms with E-state index >= 15 is 0 Å². The first kappa shape index (κ1) is 24.2. The lowest BCUT2D eigenvalue weighted by Crippen LogP contribution is -2.49. The molecule has 2 aromatic carbocycles. The third kappa shape index (κ3) is 5.41. The summed E-state index contributed by atoms with van der Waals surface area (Å²) in [5, 5.41) is 2.12. The van der Waals surface area contributed by atoms with Gasteiger partial charge in [-0.15, -0.1) is 11.3 Å². The fourth-order valence-corrected chi connectivity index (χ4v) is 5.58. The summed E-state index contributed by atoms with van der Waals surface area (Å²) in [7, 11) is 0. The van der Waals surface area contributed by atoms with Gasteiger partial charge in [-0.3, -0.25) is 9.59 Å². The van der Waals surface area contributed by atoms with Crippen LogP contribution in [0.4, 0.5) is 0 Å². The standard InChI is InChI=1S/C29H34N2O2S/c1-4-22(3)31(27(32)15-12-23-8-6-5-7-9-23)20-28(33)30-18-16-26-25(17-19-34-26)29(30)24-13-10-21(2)11-14-24/h5-11,13-14,17,19,22,29H,4,12,15-16,18,20H2,1-3H3. The van der Waals surface area contributed by atoms with Crippen LogP contribution in [0.3, 0.4) is 0 Å². The molecule has 0 saturated carbocycles. The van der Waals surface area contributed by atoms with Crippen molar-refractivity contribution in [3.63, 3.8) is 0 Å². The van der Waals surface area contributed by atoms with Gasteiger partial charge >= 0.3 is 0 Å². The Hall–Kier alpha value is -2.92. The largest absolute Gasteiger partial charge is 0.331 e. The van der Waals surface area contributed by atoms with Crippen LogP contribution in [-0.2, 0) is 22.4 Å². The third-order valence-electron chi connectivity index (χ3n) is 6.90. The lowest BCUT2D eigenvalue weighted by molar-refractivity contribution is -0.143. The zero-order chi connectivity index (χ0) is 24.1. The van der Waals surface area contributed by atoms with Gasteiger partial charge in [0.15, 0.2) is 0 Å². The zero-order valence-electron chi connectivity index (χ0n) is 20.4. The Bertz CT molecular complexity index is 1110. The summed E-state index contributed by atoms with van der Waals surface area (Å²) in [5.41, 5.74) is 4.70. The Kier molecular flexibility index (Phi) is 7.84. The van der Waals surface area contributed by atoms with Gasteiger partial charge in [-0.05, 0) is 61.2 Å². The maximum absolute atomic E-state index is 13.7. The van der Waals surface area contributed by atoms with Crippen molar-refractivity contribution in [1.82, 2.24) is 9.80 Å². The first-order valence-corrected chi connectivity index (χ1v) is 13.1. The smallest absolute Gasteiger partial charge is 0.243 e. The van der Waals surface area contributed by atoms with Crippen LogP contribution < -0.4 is 0 Å². The molecule has 1 aliphatic rings. The van der Waals surface area contributed by atoms with Crippen molar-refractivity contribution in [1.29, 1.82) is 0 Å². The van der Waals surface area contributed by atoms with E-state index in [0.717, 1.165) is 24.0 Å². The second-order valence-corrected chi connectivity index (χ2v) is 10.2. The highest BCUT2D eigenvalue weighted by atomic mass is 32.1. The molecule has 2 unspecified atom stereocenters. The SMILES string of the molecule is CCC(C)N(CC(=O)N1CCc2sccc2C1c1ccc(C)cc1)C(=O)CCc1ccccc1. The molecule has 1 aromatic heterocycles. The van der Waals surface area contributed by atoms with E-state index in [1.54, 1.807) is 16.2 Å². The Morgan fingerprint density at radius 2 is 1.82 bits per heavy atom. The van der Waals surface area contributed by atoms with Crippen LogP contribution in [0.5, 0.6) is 0 Å². The number of hydrogen-bond donors (Lipinski definition) is 0. The second-order valence-electron chi connectivity index (χ2n) is 9.21. The van der Waals surface area contributed by atoms with Crippen molar-refractivity contribution in [2.24, 2.45) is 0 Å². The fraction of sp³-hybridized carbons (Fsp3) is 0.379. The quantitative estimate of drug-likeness (QED) is 0.415. The average Bonchev–Trinajstić information content (AvgIpc) is 3.35. The van der Waals surface area contributed by atoms with Gasteiger partial charge in [-0.1, -0.05) is 67.1 Å². The molecule has 2 amide bonds. The van der Waals surface area contributed by atoms with E-state index in [2.05, 4.69) is 49.6 Å². The van der Waals surface area contributed by atoms with Crippen molar-refractivity contribution in [3.05, 3.63) is 93.2 Å². The number of rotatable bonds is 8. The molecule has 34 heavy (non-hydrogen) atoms. The monoisotopic (exact) mass is 474 g/mol. The van der Waals surface area contributed by atoms with Crippen molar-refractivity contribution >= 4 is 23.2 Å². The first-order chi connectivity index (χ1) is 16.5. The highest BCUT2D eigenvalue weighted by molar-refractivity contribution is 7.10. The second kappa shape index (κ2) is 11.0. The van der Waals surface area contributed by atoms with Gasteiger partial charge in [0, 0.05) is 23.9 Å². The molecule has 0 bridgehead atoms. The summed E-state index contributed by atoms with van der Waals surface area (Å²) in [4.78, 5) is 32.1. The molecular weight excluding hydrogens is 440 g/mol. The minimum absolute atomic E-state index is 0.0200. The molecule has 4 rings (SSSR count). The number of carbonyl (C=O) groups excluding carboxylic acids is 2. The van der Waals surface area contributed by atoms with Crippen molar-refractivity contribution in [3.8, 4) is 0 Å². The van der Waals surface area contributed by atoms with Crippen LogP contribution in [0, 0.1) is 6.92 Å². The number of aryl methyl sites for hydroxylation is 2. The van der Waals surface area contributed by atoms with Gasteiger partial charge in [0.05, 0.1) is 6.04 Å². The third-order valence-corrected chi connectivity index (χ3v) is 7.90. The highest BCUT2D eigenvalue weighted by Gasteiger charge is 2.34. The van der Waals surface area contributed by atoms with E-state index in [-0.39, 0.29) is 30.4 Å². The average molecular weight is 475 g/mol. The summed E-state index contributed by atoms with van der Waals surface area (Å²) in [6, 6.07) is 20.6. The van der Waals surface area contributed by atoms with E-state index < -0.39 is 0 Å². The normalized spacial score (nSPS) is 16.1. The van der Waals surface area contributed by atoms with E-state index in [0.29, 0.717) is 19.4 Å². The van der Waals surface area contributed by atoms with Gasteiger partial charge < -0.3 is 9.80 Å². The van der Waals surface area contributed by atoms with E-state index in [1.165, 1.54) is 16.0 Å². The number of fused-ring (bicyclic) bond motifs is 1. The summed E-state index contributed by atoms with van der Waals surface area (Å²) in [6.45, 7) is 7.00. The number of thiophene rings is 1. The molecule has 0 radical (unpaired) electrons. The number of hydrogen-bond acceptors (Lipinski definition) is 3. The van der Waals surface area contributed by atoms with Crippen LogP contribution >= 0.6 is 11.3 Å². The van der Waals surface area contributed by atoms with E-state index in [9.17, 15) is 9.59 Å². The van der Waals surface area contributed by atoms with Gasteiger partial charge in [0.2, 0.25) is 11.8 Å². The molecular formula is C29H34N2O2S.